The second-order valence-corrected chi connectivity index (χ2v) is 6.97. The number of benzene rings is 2. The van der Waals surface area contributed by atoms with E-state index in [2.05, 4.69) is 10.6 Å². The van der Waals surface area contributed by atoms with Crippen molar-refractivity contribution in [1.29, 1.82) is 0 Å². The highest BCUT2D eigenvalue weighted by molar-refractivity contribution is 6.30. The summed E-state index contributed by atoms with van der Waals surface area (Å²) in [5, 5.41) is 16.6. The van der Waals surface area contributed by atoms with Crippen LogP contribution in [0.25, 0.3) is 0 Å². The molecule has 5 heteroatoms. The Hall–Kier alpha value is -2.04. The second-order valence-electron chi connectivity index (χ2n) is 6.53. The van der Waals surface area contributed by atoms with E-state index in [9.17, 15) is 9.90 Å². The van der Waals surface area contributed by atoms with Gasteiger partial charge in [0.15, 0.2) is 0 Å². The molecule has 2 aromatic rings. The zero-order chi connectivity index (χ0) is 17.6. The van der Waals surface area contributed by atoms with Gasteiger partial charge in [-0.3, -0.25) is 0 Å². The molecule has 4 nitrogen and oxygen atoms in total. The fourth-order valence-electron chi connectivity index (χ4n) is 3.14. The molecule has 3 rings (SSSR count). The van der Waals surface area contributed by atoms with E-state index >= 15 is 0 Å². The summed E-state index contributed by atoms with van der Waals surface area (Å²) in [6.45, 7) is 0.440. The van der Waals surface area contributed by atoms with Crippen LogP contribution in [0.5, 0.6) is 0 Å². The molecule has 0 radical (unpaired) electrons. The monoisotopic (exact) mass is 358 g/mol. The second kappa shape index (κ2) is 8.37. The van der Waals surface area contributed by atoms with E-state index in [1.807, 2.05) is 54.6 Å². The average Bonchev–Trinajstić information content (AvgIpc) is 2.59. The Balaban J connectivity index is 1.33. The van der Waals surface area contributed by atoms with Crippen molar-refractivity contribution in [3.05, 3.63) is 70.7 Å². The third kappa shape index (κ3) is 4.97. The van der Waals surface area contributed by atoms with Crippen molar-refractivity contribution in [3.63, 3.8) is 0 Å². The summed E-state index contributed by atoms with van der Waals surface area (Å²) in [7, 11) is 0. The summed E-state index contributed by atoms with van der Waals surface area (Å²) in [6, 6.07) is 17.4. The summed E-state index contributed by atoms with van der Waals surface area (Å²) in [5.74, 6) is 0.488. The molecule has 3 N–H and O–H groups in total. The zero-order valence-electron chi connectivity index (χ0n) is 14.0. The maximum Gasteiger partial charge on any atom is 0.315 e. The van der Waals surface area contributed by atoms with E-state index in [0.717, 1.165) is 23.4 Å². The molecule has 0 aromatic heterocycles. The van der Waals surface area contributed by atoms with Crippen LogP contribution >= 0.6 is 11.6 Å². The first-order valence-electron chi connectivity index (χ1n) is 8.64. The molecular weight excluding hydrogens is 336 g/mol. The quantitative estimate of drug-likeness (QED) is 0.730. The van der Waals surface area contributed by atoms with Gasteiger partial charge in [-0.1, -0.05) is 54.1 Å². The van der Waals surface area contributed by atoms with E-state index in [1.54, 1.807) is 0 Å². The molecule has 2 aromatic carbocycles. The number of hydrogen-bond acceptors (Lipinski definition) is 2. The van der Waals surface area contributed by atoms with E-state index < -0.39 is 6.10 Å². The normalized spacial score (nSPS) is 20.4. The fourth-order valence-corrected chi connectivity index (χ4v) is 3.27. The van der Waals surface area contributed by atoms with Crippen LogP contribution < -0.4 is 10.6 Å². The van der Waals surface area contributed by atoms with Crippen molar-refractivity contribution < 1.29 is 9.90 Å². The molecular formula is C20H23ClN2O2. The van der Waals surface area contributed by atoms with Crippen LogP contribution in [0.15, 0.2) is 54.6 Å². The third-order valence-corrected chi connectivity index (χ3v) is 4.95. The number of halogens is 1. The van der Waals surface area contributed by atoms with Gasteiger partial charge < -0.3 is 15.7 Å². The summed E-state index contributed by atoms with van der Waals surface area (Å²) in [6.07, 6.45) is 1.83. The van der Waals surface area contributed by atoms with Gasteiger partial charge in [-0.2, -0.15) is 0 Å². The Kier molecular flexibility index (Phi) is 5.95. The van der Waals surface area contributed by atoms with Gasteiger partial charge in [0.25, 0.3) is 0 Å². The maximum atomic E-state index is 11.9. The van der Waals surface area contributed by atoms with Crippen molar-refractivity contribution in [2.45, 2.75) is 37.3 Å². The van der Waals surface area contributed by atoms with Crippen molar-refractivity contribution in [3.8, 4) is 0 Å². The molecule has 132 valence electrons. The molecule has 0 heterocycles. The lowest BCUT2D eigenvalue weighted by Crippen LogP contribution is -2.47. The molecule has 1 atom stereocenters. The van der Waals surface area contributed by atoms with Crippen LogP contribution in [-0.4, -0.2) is 23.7 Å². The molecule has 25 heavy (non-hydrogen) atoms. The zero-order valence-corrected chi connectivity index (χ0v) is 14.7. The van der Waals surface area contributed by atoms with Gasteiger partial charge in [0.05, 0.1) is 6.10 Å². The number of aliphatic hydroxyl groups is 1. The predicted molar refractivity (Wildman–Crippen MR) is 99.8 cm³/mol. The number of carbonyl (C=O) groups is 1. The van der Waals surface area contributed by atoms with Crippen LogP contribution in [0.1, 0.15) is 42.4 Å². The Morgan fingerprint density at radius 1 is 1.12 bits per heavy atom. The Morgan fingerprint density at radius 3 is 2.48 bits per heavy atom. The molecule has 1 fully saturated rings. The minimum atomic E-state index is -0.556. The number of amides is 2. The molecule has 0 spiro atoms. The van der Waals surface area contributed by atoms with Crippen LogP contribution in [0.2, 0.25) is 5.02 Å². The first-order chi connectivity index (χ1) is 12.1. The fraction of sp³-hybridized carbons (Fsp3) is 0.350. The van der Waals surface area contributed by atoms with E-state index in [0.29, 0.717) is 18.9 Å². The summed E-state index contributed by atoms with van der Waals surface area (Å²) >= 11 is 5.90. The Labute approximate surface area is 153 Å². The Morgan fingerprint density at radius 2 is 1.80 bits per heavy atom. The number of carbonyl (C=O) groups excluding carboxylic acids is 1. The number of urea groups is 1. The minimum Gasteiger partial charge on any atom is -0.388 e. The van der Waals surface area contributed by atoms with Gasteiger partial charge in [0, 0.05) is 17.6 Å². The SMILES string of the molecule is O=C(NCCC(O)c1ccccc1)NC1CC(c2ccc(Cl)cc2)C1. The van der Waals surface area contributed by atoms with Gasteiger partial charge in [-0.25, -0.2) is 4.79 Å². The maximum absolute atomic E-state index is 11.9. The molecule has 0 saturated heterocycles. The average molecular weight is 359 g/mol. The topological polar surface area (TPSA) is 61.4 Å². The number of hydrogen-bond donors (Lipinski definition) is 3. The lowest BCUT2D eigenvalue weighted by atomic mass is 9.76. The van der Waals surface area contributed by atoms with Crippen molar-refractivity contribution >= 4 is 17.6 Å². The van der Waals surface area contributed by atoms with Crippen LogP contribution in [-0.2, 0) is 0 Å². The lowest BCUT2D eigenvalue weighted by Gasteiger charge is -2.36. The molecule has 0 bridgehead atoms. The Bertz CT molecular complexity index is 685. The highest BCUT2D eigenvalue weighted by atomic mass is 35.5. The summed E-state index contributed by atoms with van der Waals surface area (Å²) in [5.41, 5.74) is 2.14. The van der Waals surface area contributed by atoms with Crippen molar-refractivity contribution in [2.24, 2.45) is 0 Å². The molecule has 1 unspecified atom stereocenters. The molecule has 1 aliphatic rings. The summed E-state index contributed by atoms with van der Waals surface area (Å²) < 4.78 is 0. The van der Waals surface area contributed by atoms with Crippen LogP contribution in [0.3, 0.4) is 0 Å². The van der Waals surface area contributed by atoms with Gasteiger partial charge in [0.2, 0.25) is 0 Å². The minimum absolute atomic E-state index is 0.167. The van der Waals surface area contributed by atoms with E-state index in [4.69, 9.17) is 11.6 Å². The van der Waals surface area contributed by atoms with Crippen LogP contribution in [0.4, 0.5) is 4.79 Å². The highest BCUT2D eigenvalue weighted by Crippen LogP contribution is 2.37. The summed E-state index contributed by atoms with van der Waals surface area (Å²) in [4.78, 5) is 11.9. The van der Waals surface area contributed by atoms with Gasteiger partial charge >= 0.3 is 6.03 Å². The number of aliphatic hydroxyl groups excluding tert-OH is 1. The lowest BCUT2D eigenvalue weighted by molar-refractivity contribution is 0.166. The predicted octanol–water partition coefficient (Wildman–Crippen LogP) is 4.01. The molecule has 0 aliphatic heterocycles. The first-order valence-corrected chi connectivity index (χ1v) is 9.02. The van der Waals surface area contributed by atoms with Gasteiger partial charge in [-0.15, -0.1) is 0 Å². The van der Waals surface area contributed by atoms with E-state index in [1.165, 1.54) is 5.56 Å². The molecule has 2 amide bonds. The largest absolute Gasteiger partial charge is 0.388 e. The standard InChI is InChI=1S/C20H23ClN2O2/c21-17-8-6-14(7-9-17)16-12-18(13-16)23-20(25)22-11-10-19(24)15-4-2-1-3-5-15/h1-9,16,18-19,24H,10-13H2,(H2,22,23,25). The van der Waals surface area contributed by atoms with Gasteiger partial charge in [0.1, 0.15) is 0 Å². The van der Waals surface area contributed by atoms with Gasteiger partial charge in [-0.05, 0) is 48.4 Å². The van der Waals surface area contributed by atoms with Crippen molar-refractivity contribution in [2.75, 3.05) is 6.54 Å². The number of rotatable bonds is 6. The smallest absolute Gasteiger partial charge is 0.315 e. The molecule has 1 aliphatic carbocycles. The first kappa shape index (κ1) is 17.8. The van der Waals surface area contributed by atoms with E-state index in [-0.39, 0.29) is 12.1 Å². The molecule has 1 saturated carbocycles. The third-order valence-electron chi connectivity index (χ3n) is 4.70. The van der Waals surface area contributed by atoms with Crippen LogP contribution in [0, 0.1) is 0 Å². The highest BCUT2D eigenvalue weighted by Gasteiger charge is 2.31. The number of nitrogens with one attached hydrogen (secondary N) is 2. The van der Waals surface area contributed by atoms with Crippen molar-refractivity contribution in [1.82, 2.24) is 10.6 Å².